The van der Waals surface area contributed by atoms with Gasteiger partial charge in [-0.25, -0.2) is 0 Å². The lowest BCUT2D eigenvalue weighted by Crippen LogP contribution is -2.32. The number of H-pyrrole nitrogens is 1. The number of benzene rings is 1. The van der Waals surface area contributed by atoms with E-state index in [9.17, 15) is 9.59 Å². The third kappa shape index (κ3) is 2.40. The first-order chi connectivity index (χ1) is 10.6. The molecular weight excluding hydrogens is 302 g/mol. The molecule has 6 heteroatoms. The predicted octanol–water partition coefficient (Wildman–Crippen LogP) is 1.50. The van der Waals surface area contributed by atoms with Crippen LogP contribution in [0.4, 0.5) is 0 Å². The second kappa shape index (κ2) is 5.11. The Morgan fingerprint density at radius 2 is 2.09 bits per heavy atom. The number of pyridine rings is 1. The maximum Gasteiger partial charge on any atom is 0.220 e. The van der Waals surface area contributed by atoms with E-state index >= 15 is 0 Å². The Kier molecular flexibility index (Phi) is 3.20. The molecule has 2 fully saturated rings. The minimum absolute atomic E-state index is 0.0149. The molecule has 114 valence electrons. The second-order valence-corrected chi connectivity index (χ2v) is 6.62. The molecule has 22 heavy (non-hydrogen) atoms. The minimum Gasteiger partial charge on any atom is -0.357 e. The summed E-state index contributed by atoms with van der Waals surface area (Å²) >= 11 is 5.94. The standard InChI is InChI=1S/C16H16ClN3O2/c17-10-1-2-13-12(4-10)15(21)5-11(18-13)7-20-6-9-3-16(22)19-14(9)8-20/h1-2,4-5,9,14H,3,6-8H2,(H,18,21)(H,19,22)/t9-,14+/m0/s1. The highest BCUT2D eigenvalue weighted by Gasteiger charge is 2.39. The van der Waals surface area contributed by atoms with Crippen LogP contribution in [0.3, 0.4) is 0 Å². The van der Waals surface area contributed by atoms with Crippen LogP contribution >= 0.6 is 11.6 Å². The summed E-state index contributed by atoms with van der Waals surface area (Å²) in [6, 6.07) is 7.21. The Bertz CT molecular complexity index is 801. The smallest absolute Gasteiger partial charge is 0.220 e. The lowest BCUT2D eigenvalue weighted by atomic mass is 10.1. The average Bonchev–Trinajstić information content (AvgIpc) is 2.96. The monoisotopic (exact) mass is 317 g/mol. The van der Waals surface area contributed by atoms with Gasteiger partial charge in [0.15, 0.2) is 5.43 Å². The molecule has 1 amide bonds. The maximum absolute atomic E-state index is 12.2. The van der Waals surface area contributed by atoms with Crippen molar-refractivity contribution >= 4 is 28.4 Å². The summed E-state index contributed by atoms with van der Waals surface area (Å²) in [5.74, 6) is 0.559. The number of rotatable bonds is 2. The van der Waals surface area contributed by atoms with E-state index in [0.29, 0.717) is 29.3 Å². The highest BCUT2D eigenvalue weighted by Crippen LogP contribution is 2.26. The van der Waals surface area contributed by atoms with Gasteiger partial charge < -0.3 is 10.3 Å². The number of carbonyl (C=O) groups excluding carboxylic acids is 1. The van der Waals surface area contributed by atoms with Gasteiger partial charge in [0.25, 0.3) is 0 Å². The number of aromatic nitrogens is 1. The fourth-order valence-electron chi connectivity index (χ4n) is 3.56. The third-order valence-corrected chi connectivity index (χ3v) is 4.79. The first-order valence-corrected chi connectivity index (χ1v) is 7.79. The normalized spacial score (nSPS) is 24.7. The molecular formula is C16H16ClN3O2. The molecule has 1 aromatic carbocycles. The van der Waals surface area contributed by atoms with Crippen molar-refractivity contribution in [3.63, 3.8) is 0 Å². The van der Waals surface area contributed by atoms with E-state index in [0.717, 1.165) is 24.3 Å². The highest BCUT2D eigenvalue weighted by atomic mass is 35.5. The van der Waals surface area contributed by atoms with E-state index in [2.05, 4.69) is 15.2 Å². The zero-order valence-electron chi connectivity index (χ0n) is 11.9. The number of nitrogens with zero attached hydrogens (tertiary/aromatic N) is 1. The molecule has 2 saturated heterocycles. The van der Waals surface area contributed by atoms with Crippen molar-refractivity contribution in [2.75, 3.05) is 13.1 Å². The van der Waals surface area contributed by atoms with Crippen molar-refractivity contribution in [2.24, 2.45) is 5.92 Å². The Labute approximate surface area is 132 Å². The number of amides is 1. The van der Waals surface area contributed by atoms with Gasteiger partial charge in [-0.05, 0) is 18.2 Å². The Morgan fingerprint density at radius 1 is 1.23 bits per heavy atom. The molecule has 0 radical (unpaired) electrons. The van der Waals surface area contributed by atoms with Crippen LogP contribution in [-0.2, 0) is 11.3 Å². The lowest BCUT2D eigenvalue weighted by molar-refractivity contribution is -0.119. The summed E-state index contributed by atoms with van der Waals surface area (Å²) in [7, 11) is 0. The fraction of sp³-hybridized carbons (Fsp3) is 0.375. The van der Waals surface area contributed by atoms with Crippen molar-refractivity contribution in [3.05, 3.63) is 45.2 Å². The van der Waals surface area contributed by atoms with Crippen molar-refractivity contribution in [1.82, 2.24) is 15.2 Å². The summed E-state index contributed by atoms with van der Waals surface area (Å²) in [5.41, 5.74) is 1.68. The molecule has 5 nitrogen and oxygen atoms in total. The van der Waals surface area contributed by atoms with Crippen LogP contribution in [0, 0.1) is 5.92 Å². The zero-order valence-corrected chi connectivity index (χ0v) is 12.7. The van der Waals surface area contributed by atoms with Crippen LogP contribution in [0.25, 0.3) is 10.9 Å². The van der Waals surface area contributed by atoms with Gasteiger partial charge in [-0.1, -0.05) is 11.6 Å². The topological polar surface area (TPSA) is 65.2 Å². The zero-order chi connectivity index (χ0) is 15.3. The Hall–Kier alpha value is -1.85. The number of fused-ring (bicyclic) bond motifs is 2. The molecule has 0 spiro atoms. The number of likely N-dealkylation sites (tertiary alicyclic amines) is 1. The SMILES string of the molecule is O=C1C[C@H]2CN(Cc3cc(=O)c4cc(Cl)ccc4[nH]3)C[C@H]2N1. The number of halogens is 1. The van der Waals surface area contributed by atoms with E-state index < -0.39 is 0 Å². The fourth-order valence-corrected chi connectivity index (χ4v) is 3.74. The molecule has 2 aliphatic heterocycles. The first kappa shape index (κ1) is 13.8. The molecule has 2 N–H and O–H groups in total. The molecule has 0 bridgehead atoms. The Balaban J connectivity index is 1.57. The molecule has 2 aromatic rings. The predicted molar refractivity (Wildman–Crippen MR) is 84.9 cm³/mol. The summed E-state index contributed by atoms with van der Waals surface area (Å²) in [5, 5.41) is 4.19. The van der Waals surface area contributed by atoms with Crippen LogP contribution in [0.2, 0.25) is 5.02 Å². The van der Waals surface area contributed by atoms with Crippen molar-refractivity contribution < 1.29 is 4.79 Å². The third-order valence-electron chi connectivity index (χ3n) is 4.55. The molecule has 2 aliphatic rings. The molecule has 1 aromatic heterocycles. The van der Waals surface area contributed by atoms with Crippen LogP contribution in [0.15, 0.2) is 29.1 Å². The van der Waals surface area contributed by atoms with Crippen molar-refractivity contribution in [2.45, 2.75) is 19.0 Å². The summed E-state index contributed by atoms with van der Waals surface area (Å²) in [6.45, 7) is 2.43. The van der Waals surface area contributed by atoms with Crippen LogP contribution in [-0.4, -0.2) is 34.9 Å². The van der Waals surface area contributed by atoms with Gasteiger partial charge in [0.05, 0.1) is 0 Å². The van der Waals surface area contributed by atoms with E-state index in [1.54, 1.807) is 18.2 Å². The maximum atomic E-state index is 12.2. The second-order valence-electron chi connectivity index (χ2n) is 6.18. The lowest BCUT2D eigenvalue weighted by Gasteiger charge is -2.17. The van der Waals surface area contributed by atoms with Gasteiger partial charge in [0.1, 0.15) is 0 Å². The number of hydrogen-bond donors (Lipinski definition) is 2. The summed E-state index contributed by atoms with van der Waals surface area (Å²) in [4.78, 5) is 29.2. The largest absolute Gasteiger partial charge is 0.357 e. The number of aromatic amines is 1. The quantitative estimate of drug-likeness (QED) is 0.882. The molecule has 0 saturated carbocycles. The van der Waals surface area contributed by atoms with Crippen LogP contribution in [0.5, 0.6) is 0 Å². The van der Waals surface area contributed by atoms with Crippen LogP contribution < -0.4 is 10.7 Å². The molecule has 0 unspecified atom stereocenters. The van der Waals surface area contributed by atoms with Gasteiger partial charge in [-0.2, -0.15) is 0 Å². The van der Waals surface area contributed by atoms with E-state index in [1.807, 2.05) is 6.07 Å². The van der Waals surface area contributed by atoms with Crippen LogP contribution in [0.1, 0.15) is 12.1 Å². The molecule has 2 atom stereocenters. The van der Waals surface area contributed by atoms with Gasteiger partial charge in [-0.15, -0.1) is 0 Å². The number of carbonyl (C=O) groups is 1. The molecule has 0 aliphatic carbocycles. The van der Waals surface area contributed by atoms with E-state index in [4.69, 9.17) is 11.6 Å². The van der Waals surface area contributed by atoms with E-state index in [1.165, 1.54) is 0 Å². The number of hydrogen-bond acceptors (Lipinski definition) is 3. The van der Waals surface area contributed by atoms with Gasteiger partial charge >= 0.3 is 0 Å². The average molecular weight is 318 g/mol. The minimum atomic E-state index is -0.0149. The van der Waals surface area contributed by atoms with Gasteiger partial charge in [-0.3, -0.25) is 14.5 Å². The highest BCUT2D eigenvalue weighted by molar-refractivity contribution is 6.31. The first-order valence-electron chi connectivity index (χ1n) is 7.42. The van der Waals surface area contributed by atoms with E-state index in [-0.39, 0.29) is 17.4 Å². The Morgan fingerprint density at radius 3 is 2.91 bits per heavy atom. The molecule has 4 rings (SSSR count). The number of nitrogens with one attached hydrogen (secondary N) is 2. The summed E-state index contributed by atoms with van der Waals surface area (Å²) < 4.78 is 0. The van der Waals surface area contributed by atoms with Gasteiger partial charge in [0, 0.05) is 65.7 Å². The molecule has 3 heterocycles. The summed E-state index contributed by atoms with van der Waals surface area (Å²) in [6.07, 6.45) is 0.619. The van der Waals surface area contributed by atoms with Gasteiger partial charge in [0.2, 0.25) is 5.91 Å². The van der Waals surface area contributed by atoms with Crippen molar-refractivity contribution in [1.29, 1.82) is 0 Å². The van der Waals surface area contributed by atoms with Crippen molar-refractivity contribution in [3.8, 4) is 0 Å².